The van der Waals surface area contributed by atoms with Crippen LogP contribution in [-0.4, -0.2) is 40.8 Å². The number of esters is 1. The van der Waals surface area contributed by atoms with Gasteiger partial charge in [0.25, 0.3) is 11.6 Å². The maximum Gasteiger partial charge on any atom is 0.308 e. The largest absolute Gasteiger partial charge is 0.466 e. The zero-order valence-corrected chi connectivity index (χ0v) is 24.0. The molecule has 220 valence electrons. The quantitative estimate of drug-likeness (QED) is 0.114. The summed E-state index contributed by atoms with van der Waals surface area (Å²) in [5.41, 5.74) is 3.35. The van der Waals surface area contributed by atoms with Crippen molar-refractivity contribution in [1.82, 2.24) is 4.90 Å². The Hall–Kier alpha value is -5.75. The van der Waals surface area contributed by atoms with Crippen LogP contribution in [0.4, 0.5) is 11.4 Å². The van der Waals surface area contributed by atoms with Gasteiger partial charge in [0.2, 0.25) is 5.91 Å². The molecule has 0 fully saturated rings. The number of nitrogens with zero attached hydrogens (tertiary/aromatic N) is 3. The molecule has 4 aromatic carbocycles. The SMILES string of the molecule is CCOC(=O)CC(c1ccccc1)N1CC(=O)N(Cc2ccccc2)c2ccc(C#Cc3ccc([N+](=O)[O-])cc3)cc2C1=O. The average Bonchev–Trinajstić information content (AvgIpc) is 3.14. The maximum absolute atomic E-state index is 14.3. The van der Waals surface area contributed by atoms with Crippen molar-refractivity contribution in [3.8, 4) is 11.8 Å². The number of anilines is 1. The molecule has 5 rings (SSSR count). The van der Waals surface area contributed by atoms with E-state index in [2.05, 4.69) is 11.8 Å². The van der Waals surface area contributed by atoms with Crippen molar-refractivity contribution in [3.63, 3.8) is 0 Å². The van der Waals surface area contributed by atoms with Gasteiger partial charge in [0.15, 0.2) is 0 Å². The number of hydrogen-bond acceptors (Lipinski definition) is 6. The Morgan fingerprint density at radius 1 is 0.909 bits per heavy atom. The molecule has 0 aliphatic carbocycles. The lowest BCUT2D eigenvalue weighted by molar-refractivity contribution is -0.384. The van der Waals surface area contributed by atoms with Crippen LogP contribution in [-0.2, 0) is 20.9 Å². The Bertz CT molecular complexity index is 1740. The lowest BCUT2D eigenvalue weighted by Crippen LogP contribution is -2.41. The summed E-state index contributed by atoms with van der Waals surface area (Å²) in [4.78, 5) is 54.5. The Labute approximate surface area is 254 Å². The van der Waals surface area contributed by atoms with Gasteiger partial charge >= 0.3 is 5.97 Å². The summed E-state index contributed by atoms with van der Waals surface area (Å²) < 4.78 is 5.23. The van der Waals surface area contributed by atoms with E-state index in [4.69, 9.17) is 4.74 Å². The van der Waals surface area contributed by atoms with Crippen LogP contribution >= 0.6 is 0 Å². The van der Waals surface area contributed by atoms with Crippen LogP contribution in [0.1, 0.15) is 52.0 Å². The van der Waals surface area contributed by atoms with Crippen molar-refractivity contribution in [3.05, 3.63) is 141 Å². The lowest BCUT2D eigenvalue weighted by Gasteiger charge is -2.30. The van der Waals surface area contributed by atoms with Gasteiger partial charge in [-0.2, -0.15) is 0 Å². The summed E-state index contributed by atoms with van der Waals surface area (Å²) in [5, 5.41) is 11.0. The molecule has 0 saturated carbocycles. The highest BCUT2D eigenvalue weighted by atomic mass is 16.6. The summed E-state index contributed by atoms with van der Waals surface area (Å²) in [6.07, 6.45) is -0.121. The highest BCUT2D eigenvalue weighted by molar-refractivity contribution is 6.10. The molecule has 2 amide bonds. The van der Waals surface area contributed by atoms with Gasteiger partial charge in [-0.1, -0.05) is 72.5 Å². The molecule has 0 bridgehead atoms. The molecule has 1 heterocycles. The average molecular weight is 588 g/mol. The van der Waals surface area contributed by atoms with Crippen LogP contribution < -0.4 is 4.90 Å². The monoisotopic (exact) mass is 587 g/mol. The molecule has 0 saturated heterocycles. The zero-order valence-electron chi connectivity index (χ0n) is 24.0. The summed E-state index contributed by atoms with van der Waals surface area (Å²) in [5.74, 6) is 4.83. The second-order valence-corrected chi connectivity index (χ2v) is 10.1. The van der Waals surface area contributed by atoms with Crippen molar-refractivity contribution >= 4 is 29.2 Å². The molecule has 0 spiro atoms. The Balaban J connectivity index is 1.58. The first kappa shape index (κ1) is 29.7. The molecule has 1 aliphatic heterocycles. The van der Waals surface area contributed by atoms with Crippen LogP contribution in [0.2, 0.25) is 0 Å². The first-order chi connectivity index (χ1) is 21.3. The van der Waals surface area contributed by atoms with E-state index in [1.807, 2.05) is 60.7 Å². The number of non-ortho nitro benzene ring substituents is 1. The lowest BCUT2D eigenvalue weighted by atomic mass is 10.00. The molecule has 9 heteroatoms. The summed E-state index contributed by atoms with van der Waals surface area (Å²) in [7, 11) is 0. The fourth-order valence-electron chi connectivity index (χ4n) is 5.08. The van der Waals surface area contributed by atoms with E-state index >= 15 is 0 Å². The fraction of sp³-hybridized carbons (Fsp3) is 0.171. The third-order valence-electron chi connectivity index (χ3n) is 7.22. The molecular formula is C35H29N3O6. The van der Waals surface area contributed by atoms with Gasteiger partial charge in [0.1, 0.15) is 6.54 Å². The Morgan fingerprint density at radius 2 is 1.55 bits per heavy atom. The minimum Gasteiger partial charge on any atom is -0.466 e. The predicted octanol–water partition coefficient (Wildman–Crippen LogP) is 5.68. The smallest absolute Gasteiger partial charge is 0.308 e. The zero-order chi connectivity index (χ0) is 31.1. The molecule has 4 aromatic rings. The number of carbonyl (C=O) groups excluding carboxylic acids is 3. The molecule has 1 aliphatic rings. The van der Waals surface area contributed by atoms with Crippen molar-refractivity contribution in [1.29, 1.82) is 0 Å². The summed E-state index contributed by atoms with van der Waals surface area (Å²) >= 11 is 0. The number of hydrogen-bond donors (Lipinski definition) is 0. The number of rotatable bonds is 8. The third kappa shape index (κ3) is 6.82. The van der Waals surface area contributed by atoms with Gasteiger partial charge in [-0.15, -0.1) is 0 Å². The van der Waals surface area contributed by atoms with Gasteiger partial charge in [-0.3, -0.25) is 24.5 Å². The standard InChI is InChI=1S/C35H29N3O6/c1-2-44-34(40)22-32(28-11-7-4-8-12-28)37-24-33(39)36(23-27-9-5-3-6-10-27)31-20-17-26(21-30(31)35(37)41)14-13-25-15-18-29(19-16-25)38(42)43/h3-12,15-21,32H,2,22-24H2,1H3. The van der Waals surface area contributed by atoms with Crippen LogP contribution in [0.3, 0.4) is 0 Å². The van der Waals surface area contributed by atoms with Gasteiger partial charge in [0.05, 0.1) is 41.8 Å². The number of nitro groups is 1. The van der Waals surface area contributed by atoms with E-state index in [0.717, 1.165) is 5.56 Å². The molecular weight excluding hydrogens is 558 g/mol. The van der Waals surface area contributed by atoms with Gasteiger partial charge in [-0.25, -0.2) is 0 Å². The maximum atomic E-state index is 14.3. The first-order valence-electron chi connectivity index (χ1n) is 14.1. The normalized spacial score (nSPS) is 13.3. The van der Waals surface area contributed by atoms with E-state index in [1.54, 1.807) is 42.2 Å². The Kier molecular flexibility index (Phi) is 9.11. The topological polar surface area (TPSA) is 110 Å². The van der Waals surface area contributed by atoms with Crippen molar-refractivity contribution in [2.45, 2.75) is 25.9 Å². The highest BCUT2D eigenvalue weighted by Gasteiger charge is 2.37. The van der Waals surface area contributed by atoms with Gasteiger partial charge < -0.3 is 14.5 Å². The fourth-order valence-corrected chi connectivity index (χ4v) is 5.08. The molecule has 9 nitrogen and oxygen atoms in total. The van der Waals surface area contributed by atoms with Gasteiger partial charge in [0, 0.05) is 23.3 Å². The minimum atomic E-state index is -0.744. The van der Waals surface area contributed by atoms with E-state index in [0.29, 0.717) is 22.4 Å². The number of fused-ring (bicyclic) bond motifs is 1. The van der Waals surface area contributed by atoms with Crippen molar-refractivity contribution in [2.75, 3.05) is 18.1 Å². The van der Waals surface area contributed by atoms with E-state index < -0.39 is 22.8 Å². The molecule has 44 heavy (non-hydrogen) atoms. The molecule has 0 N–H and O–H groups in total. The molecule has 1 atom stereocenters. The highest BCUT2D eigenvalue weighted by Crippen LogP contribution is 2.34. The van der Waals surface area contributed by atoms with Crippen LogP contribution in [0.15, 0.2) is 103 Å². The summed E-state index contributed by atoms with van der Waals surface area (Å²) in [6, 6.07) is 28.8. The second-order valence-electron chi connectivity index (χ2n) is 10.1. The number of carbonyl (C=O) groups is 3. The van der Waals surface area contributed by atoms with Gasteiger partial charge in [-0.05, 0) is 48.4 Å². The first-order valence-corrected chi connectivity index (χ1v) is 14.1. The van der Waals surface area contributed by atoms with Crippen molar-refractivity contribution < 1.29 is 24.0 Å². The van der Waals surface area contributed by atoms with Crippen LogP contribution in [0, 0.1) is 22.0 Å². The number of ether oxygens (including phenoxy) is 1. The van der Waals surface area contributed by atoms with E-state index in [1.165, 1.54) is 17.0 Å². The van der Waals surface area contributed by atoms with Crippen molar-refractivity contribution in [2.24, 2.45) is 0 Å². The molecule has 1 unspecified atom stereocenters. The number of amides is 2. The second kappa shape index (κ2) is 13.5. The van der Waals surface area contributed by atoms with E-state index in [9.17, 15) is 24.5 Å². The molecule has 0 aromatic heterocycles. The third-order valence-corrected chi connectivity index (χ3v) is 7.22. The number of nitro benzene ring substituents is 1. The van der Waals surface area contributed by atoms with Crippen LogP contribution in [0.25, 0.3) is 0 Å². The summed E-state index contributed by atoms with van der Waals surface area (Å²) in [6.45, 7) is 1.91. The molecule has 0 radical (unpaired) electrons. The van der Waals surface area contributed by atoms with Crippen LogP contribution in [0.5, 0.6) is 0 Å². The predicted molar refractivity (Wildman–Crippen MR) is 165 cm³/mol. The number of benzene rings is 4. The minimum absolute atomic E-state index is 0.0368. The Morgan fingerprint density at radius 3 is 2.20 bits per heavy atom. The van der Waals surface area contributed by atoms with E-state index in [-0.39, 0.29) is 43.3 Å².